The minimum atomic E-state index is 0. The molecule has 0 aliphatic rings. The number of nitrogens with zero attached hydrogens (tertiary/aromatic N) is 1. The van der Waals surface area contributed by atoms with Gasteiger partial charge in [0.2, 0.25) is 0 Å². The summed E-state index contributed by atoms with van der Waals surface area (Å²) in [5, 5.41) is 3.46. The number of ether oxygens (including phenoxy) is 1. The lowest BCUT2D eigenvalue weighted by molar-refractivity contribution is 0.301. The van der Waals surface area contributed by atoms with E-state index in [0.717, 1.165) is 25.4 Å². The van der Waals surface area contributed by atoms with Gasteiger partial charge in [-0.25, -0.2) is 0 Å². The molecule has 0 saturated carbocycles. The van der Waals surface area contributed by atoms with Crippen molar-refractivity contribution in [3.63, 3.8) is 0 Å². The van der Waals surface area contributed by atoms with Crippen LogP contribution in [-0.2, 0) is 13.2 Å². The molecule has 0 heterocycles. The fourth-order valence-electron chi connectivity index (χ4n) is 2.16. The van der Waals surface area contributed by atoms with Crippen molar-refractivity contribution in [2.45, 2.75) is 20.1 Å². The largest absolute Gasteiger partial charge is 0.489 e. The molecule has 0 unspecified atom stereocenters. The minimum Gasteiger partial charge on any atom is -0.489 e. The third-order valence-electron chi connectivity index (χ3n) is 3.54. The molecule has 134 valence electrons. The topological polar surface area (TPSA) is 24.5 Å². The normalized spacial score (nSPS) is 10.0. The Morgan fingerprint density at radius 1 is 0.958 bits per heavy atom. The summed E-state index contributed by atoms with van der Waals surface area (Å²) in [6.07, 6.45) is 0. The molecule has 5 heteroatoms. The highest BCUT2D eigenvalue weighted by atomic mass is 35.5. The van der Waals surface area contributed by atoms with Gasteiger partial charge in [0.25, 0.3) is 0 Å². The molecule has 3 nitrogen and oxygen atoms in total. The summed E-state index contributed by atoms with van der Waals surface area (Å²) in [5.74, 6) is 0.959. The van der Waals surface area contributed by atoms with E-state index in [9.17, 15) is 0 Å². The Kier molecular flexibility index (Phi) is 11.5. The molecule has 24 heavy (non-hydrogen) atoms. The van der Waals surface area contributed by atoms with Crippen LogP contribution in [0.15, 0.2) is 48.5 Å². The third kappa shape index (κ3) is 8.02. The summed E-state index contributed by atoms with van der Waals surface area (Å²) in [4.78, 5) is 2.17. The molecule has 0 aromatic heterocycles. The Balaban J connectivity index is 0.00000264. The maximum atomic E-state index is 5.99. The summed E-state index contributed by atoms with van der Waals surface area (Å²) in [6, 6.07) is 16.7. The monoisotopic (exact) mass is 370 g/mol. The Morgan fingerprint density at radius 3 is 2.29 bits per heavy atom. The third-order valence-corrected chi connectivity index (χ3v) is 3.54. The van der Waals surface area contributed by atoms with E-state index in [1.807, 2.05) is 12.1 Å². The summed E-state index contributed by atoms with van der Waals surface area (Å²) >= 11 is 0. The number of hydrogen-bond donors (Lipinski definition) is 1. The lowest BCUT2D eigenvalue weighted by Crippen LogP contribution is -2.26. The van der Waals surface area contributed by atoms with Crippen LogP contribution in [0.3, 0.4) is 0 Å². The van der Waals surface area contributed by atoms with Gasteiger partial charge in [0.1, 0.15) is 12.4 Å². The van der Waals surface area contributed by atoms with Gasteiger partial charge in [-0.2, -0.15) is 0 Å². The molecule has 2 rings (SSSR count). The Bertz CT molecular complexity index is 574. The van der Waals surface area contributed by atoms with Crippen LogP contribution in [0.2, 0.25) is 0 Å². The van der Waals surface area contributed by atoms with Crippen molar-refractivity contribution < 1.29 is 4.74 Å². The van der Waals surface area contributed by atoms with Crippen molar-refractivity contribution in [1.29, 1.82) is 0 Å². The molecule has 0 amide bonds. The predicted octanol–water partition coefficient (Wildman–Crippen LogP) is 4.07. The van der Waals surface area contributed by atoms with Crippen molar-refractivity contribution in [2.75, 3.05) is 27.2 Å². The van der Waals surface area contributed by atoms with Crippen LogP contribution in [0.4, 0.5) is 0 Å². The summed E-state index contributed by atoms with van der Waals surface area (Å²) < 4.78 is 5.99. The van der Waals surface area contributed by atoms with E-state index in [1.54, 1.807) is 0 Å². The predicted molar refractivity (Wildman–Crippen MR) is 107 cm³/mol. The molecular formula is C19H28Cl2N2O. The van der Waals surface area contributed by atoms with Gasteiger partial charge in [-0.05, 0) is 32.6 Å². The molecule has 0 atom stereocenters. The molecule has 0 aliphatic heterocycles. The first-order valence-electron chi connectivity index (χ1n) is 7.77. The van der Waals surface area contributed by atoms with Gasteiger partial charge >= 0.3 is 0 Å². The number of nitrogens with one attached hydrogen (secondary N) is 1. The molecule has 1 N–H and O–H groups in total. The standard InChI is InChI=1S/C19H26N2O.2ClH/c1-16-8-10-17(11-9-16)15-22-19-7-5-4-6-18(19)14-20-12-13-21(2)3;;/h4-11,20H,12-15H2,1-3H3;2*1H. The Morgan fingerprint density at radius 2 is 1.62 bits per heavy atom. The molecule has 0 aliphatic carbocycles. The number of rotatable bonds is 8. The smallest absolute Gasteiger partial charge is 0.124 e. The maximum Gasteiger partial charge on any atom is 0.124 e. The zero-order chi connectivity index (χ0) is 15.8. The van der Waals surface area contributed by atoms with Crippen LogP contribution in [-0.4, -0.2) is 32.1 Å². The quantitative estimate of drug-likeness (QED) is 0.708. The highest BCUT2D eigenvalue weighted by Gasteiger charge is 2.03. The second-order valence-electron chi connectivity index (χ2n) is 5.86. The first-order valence-corrected chi connectivity index (χ1v) is 7.77. The van der Waals surface area contributed by atoms with E-state index in [0.29, 0.717) is 6.61 Å². The van der Waals surface area contributed by atoms with Gasteiger partial charge in [-0.1, -0.05) is 48.0 Å². The average Bonchev–Trinajstić information content (AvgIpc) is 2.52. The second kappa shape index (κ2) is 12.2. The lowest BCUT2D eigenvalue weighted by atomic mass is 10.1. The molecule has 0 saturated heterocycles. The first kappa shape index (κ1) is 22.7. The van der Waals surface area contributed by atoms with Crippen LogP contribution in [0.1, 0.15) is 16.7 Å². The van der Waals surface area contributed by atoms with Gasteiger partial charge < -0.3 is 15.0 Å². The average molecular weight is 371 g/mol. The van der Waals surface area contributed by atoms with E-state index >= 15 is 0 Å². The number of hydrogen-bond acceptors (Lipinski definition) is 3. The van der Waals surface area contributed by atoms with E-state index in [2.05, 4.69) is 67.6 Å². The van der Waals surface area contributed by atoms with Crippen LogP contribution >= 0.6 is 24.8 Å². The zero-order valence-corrected chi connectivity index (χ0v) is 16.3. The molecule has 0 spiro atoms. The van der Waals surface area contributed by atoms with Crippen molar-refractivity contribution in [1.82, 2.24) is 10.2 Å². The van der Waals surface area contributed by atoms with Gasteiger partial charge in [-0.15, -0.1) is 24.8 Å². The Labute approximate surface area is 158 Å². The van der Waals surface area contributed by atoms with Crippen LogP contribution < -0.4 is 10.1 Å². The second-order valence-corrected chi connectivity index (χ2v) is 5.86. The molecular weight excluding hydrogens is 343 g/mol. The molecule has 2 aromatic rings. The van der Waals surface area contributed by atoms with E-state index in [4.69, 9.17) is 4.74 Å². The highest BCUT2D eigenvalue weighted by Crippen LogP contribution is 2.19. The van der Waals surface area contributed by atoms with Gasteiger partial charge in [0.15, 0.2) is 0 Å². The van der Waals surface area contributed by atoms with Gasteiger partial charge in [0, 0.05) is 25.2 Å². The molecule has 0 fully saturated rings. The summed E-state index contributed by atoms with van der Waals surface area (Å²) in [5.41, 5.74) is 3.67. The Hall–Kier alpha value is -1.26. The number of aryl methyl sites for hydroxylation is 1. The number of para-hydroxylation sites is 1. The fourth-order valence-corrected chi connectivity index (χ4v) is 2.16. The van der Waals surface area contributed by atoms with Gasteiger partial charge in [0.05, 0.1) is 0 Å². The van der Waals surface area contributed by atoms with E-state index in [1.165, 1.54) is 16.7 Å². The summed E-state index contributed by atoms with van der Waals surface area (Å²) in [6.45, 7) is 5.54. The number of likely N-dealkylation sites (N-methyl/N-ethyl adjacent to an activating group) is 1. The van der Waals surface area contributed by atoms with E-state index in [-0.39, 0.29) is 24.8 Å². The van der Waals surface area contributed by atoms with Crippen molar-refractivity contribution in [2.24, 2.45) is 0 Å². The lowest BCUT2D eigenvalue weighted by Gasteiger charge is -2.14. The van der Waals surface area contributed by atoms with Crippen LogP contribution in [0, 0.1) is 6.92 Å². The van der Waals surface area contributed by atoms with Crippen LogP contribution in [0.25, 0.3) is 0 Å². The number of benzene rings is 2. The van der Waals surface area contributed by atoms with Crippen molar-refractivity contribution in [3.8, 4) is 5.75 Å². The molecule has 2 aromatic carbocycles. The zero-order valence-electron chi connectivity index (χ0n) is 14.6. The van der Waals surface area contributed by atoms with E-state index < -0.39 is 0 Å². The molecule has 0 bridgehead atoms. The SMILES string of the molecule is Cc1ccc(COc2ccccc2CNCCN(C)C)cc1.Cl.Cl. The first-order chi connectivity index (χ1) is 10.6. The highest BCUT2D eigenvalue weighted by molar-refractivity contribution is 5.85. The molecule has 0 radical (unpaired) electrons. The maximum absolute atomic E-state index is 5.99. The van der Waals surface area contributed by atoms with Crippen LogP contribution in [0.5, 0.6) is 5.75 Å². The number of halogens is 2. The van der Waals surface area contributed by atoms with Gasteiger partial charge in [-0.3, -0.25) is 0 Å². The fraction of sp³-hybridized carbons (Fsp3) is 0.368. The van der Waals surface area contributed by atoms with Crippen molar-refractivity contribution in [3.05, 3.63) is 65.2 Å². The summed E-state index contributed by atoms with van der Waals surface area (Å²) in [7, 11) is 4.17. The minimum absolute atomic E-state index is 0. The van der Waals surface area contributed by atoms with Crippen molar-refractivity contribution >= 4 is 24.8 Å².